The van der Waals surface area contributed by atoms with Crippen LogP contribution in [0.5, 0.6) is 5.75 Å². The van der Waals surface area contributed by atoms with Crippen LogP contribution >= 0.6 is 11.8 Å². The highest BCUT2D eigenvalue weighted by atomic mass is 32.2. The minimum absolute atomic E-state index is 0.747. The highest BCUT2D eigenvalue weighted by Crippen LogP contribution is 2.28. The number of methoxy groups -OCH3 is 1. The lowest BCUT2D eigenvalue weighted by Gasteiger charge is -2.09. The van der Waals surface area contributed by atoms with Gasteiger partial charge in [-0.05, 0) is 42.5 Å². The van der Waals surface area contributed by atoms with Gasteiger partial charge in [0.1, 0.15) is 5.75 Å². The van der Waals surface area contributed by atoms with E-state index in [0.717, 1.165) is 27.9 Å². The molecule has 0 fully saturated rings. The van der Waals surface area contributed by atoms with Crippen molar-refractivity contribution in [2.45, 2.75) is 24.8 Å². The molecule has 2 aromatic carbocycles. The summed E-state index contributed by atoms with van der Waals surface area (Å²) in [6.07, 6.45) is 0. The fourth-order valence-corrected chi connectivity index (χ4v) is 3.15. The molecule has 0 N–H and O–H groups in total. The van der Waals surface area contributed by atoms with E-state index in [-0.39, 0.29) is 0 Å². The number of hydrogen-bond donors (Lipinski definition) is 0. The highest BCUT2D eigenvalue weighted by molar-refractivity contribution is 7.98. The minimum atomic E-state index is 0.747. The second-order valence-electron chi connectivity index (χ2n) is 5.31. The van der Waals surface area contributed by atoms with Gasteiger partial charge in [0, 0.05) is 11.3 Å². The molecule has 0 aliphatic rings. The fraction of sp³-hybridized carbons (Fsp3) is 0.235. The molecule has 1 aromatic heterocycles. The average molecular weight is 326 g/mol. The van der Waals surface area contributed by atoms with Crippen LogP contribution in [0.15, 0.2) is 47.6 Å². The first-order valence-electron chi connectivity index (χ1n) is 7.29. The van der Waals surface area contributed by atoms with Crippen molar-refractivity contribution < 1.29 is 4.74 Å². The van der Waals surface area contributed by atoms with E-state index in [0.29, 0.717) is 0 Å². The Hall–Kier alpha value is -2.34. The number of aryl methyl sites for hydroxylation is 2. The third kappa shape index (κ3) is 3.53. The van der Waals surface area contributed by atoms with Crippen LogP contribution in [0.4, 0.5) is 0 Å². The molecule has 0 saturated carbocycles. The van der Waals surface area contributed by atoms with Crippen molar-refractivity contribution in [2.24, 2.45) is 0 Å². The van der Waals surface area contributed by atoms with E-state index in [4.69, 9.17) is 4.74 Å². The fourth-order valence-electron chi connectivity index (χ4n) is 2.28. The normalized spacial score (nSPS) is 10.7. The first-order valence-corrected chi connectivity index (χ1v) is 8.27. The third-order valence-electron chi connectivity index (χ3n) is 3.51. The third-order valence-corrected chi connectivity index (χ3v) is 4.48. The Morgan fingerprint density at radius 2 is 1.78 bits per heavy atom. The second kappa shape index (κ2) is 6.83. The van der Waals surface area contributed by atoms with Crippen LogP contribution in [-0.2, 0) is 5.75 Å². The molecule has 0 saturated heterocycles. The Balaban J connectivity index is 1.81. The molecule has 5 nitrogen and oxygen atoms in total. The molecule has 6 heteroatoms. The summed E-state index contributed by atoms with van der Waals surface area (Å²) in [7, 11) is 1.69. The molecular weight excluding hydrogens is 308 g/mol. The molecular formula is C17H18N4OS. The van der Waals surface area contributed by atoms with Gasteiger partial charge in [0.05, 0.1) is 12.8 Å². The molecule has 0 spiro atoms. The first kappa shape index (κ1) is 15.6. The van der Waals surface area contributed by atoms with Gasteiger partial charge in [-0.1, -0.05) is 47.2 Å². The maximum absolute atomic E-state index is 5.43. The lowest BCUT2D eigenvalue weighted by atomic mass is 10.1. The van der Waals surface area contributed by atoms with Gasteiger partial charge >= 0.3 is 0 Å². The van der Waals surface area contributed by atoms with E-state index in [2.05, 4.69) is 47.6 Å². The van der Waals surface area contributed by atoms with Gasteiger partial charge in [-0.3, -0.25) is 0 Å². The van der Waals surface area contributed by atoms with Crippen molar-refractivity contribution in [3.63, 3.8) is 0 Å². The lowest BCUT2D eigenvalue weighted by molar-refractivity contribution is 0.411. The highest BCUT2D eigenvalue weighted by Gasteiger charge is 2.11. The molecule has 0 aliphatic carbocycles. The standard InChI is InChI=1S/C17H18N4OS/c1-12-4-7-15(8-5-12)21-17(18-19-20-21)23-11-14-10-13(2)6-9-16(14)22-3/h4-10H,11H2,1-3H3. The maximum Gasteiger partial charge on any atom is 0.214 e. The number of thioether (sulfide) groups is 1. The molecule has 118 valence electrons. The Bertz CT molecular complexity index is 799. The zero-order valence-corrected chi connectivity index (χ0v) is 14.2. The molecule has 0 amide bonds. The summed E-state index contributed by atoms with van der Waals surface area (Å²) in [5, 5.41) is 12.8. The van der Waals surface area contributed by atoms with E-state index in [1.54, 1.807) is 23.6 Å². The van der Waals surface area contributed by atoms with Crippen molar-refractivity contribution in [3.05, 3.63) is 59.2 Å². The summed E-state index contributed by atoms with van der Waals surface area (Å²) < 4.78 is 7.18. The molecule has 0 bridgehead atoms. The van der Waals surface area contributed by atoms with Gasteiger partial charge in [0.2, 0.25) is 5.16 Å². The van der Waals surface area contributed by atoms with E-state index in [1.165, 1.54) is 11.1 Å². The van der Waals surface area contributed by atoms with Gasteiger partial charge in [-0.15, -0.1) is 5.10 Å². The SMILES string of the molecule is COc1ccc(C)cc1CSc1nnnn1-c1ccc(C)cc1. The lowest BCUT2D eigenvalue weighted by Crippen LogP contribution is -1.99. The Morgan fingerprint density at radius 3 is 2.52 bits per heavy atom. The van der Waals surface area contributed by atoms with E-state index >= 15 is 0 Å². The quantitative estimate of drug-likeness (QED) is 0.671. The zero-order valence-electron chi connectivity index (χ0n) is 13.4. The average Bonchev–Trinajstić information content (AvgIpc) is 3.02. The van der Waals surface area contributed by atoms with Crippen molar-refractivity contribution in [2.75, 3.05) is 7.11 Å². The summed E-state index contributed by atoms with van der Waals surface area (Å²) in [5.74, 6) is 1.63. The van der Waals surface area contributed by atoms with Crippen molar-refractivity contribution in [1.29, 1.82) is 0 Å². The predicted octanol–water partition coefficient (Wildman–Crippen LogP) is 3.58. The largest absolute Gasteiger partial charge is 0.496 e. The summed E-state index contributed by atoms with van der Waals surface area (Å²) in [6, 6.07) is 14.3. The van der Waals surface area contributed by atoms with Crippen molar-refractivity contribution in [1.82, 2.24) is 20.2 Å². The number of benzene rings is 2. The molecule has 23 heavy (non-hydrogen) atoms. The van der Waals surface area contributed by atoms with Crippen LogP contribution in [0.1, 0.15) is 16.7 Å². The van der Waals surface area contributed by atoms with Crippen molar-refractivity contribution >= 4 is 11.8 Å². The number of hydrogen-bond acceptors (Lipinski definition) is 5. The van der Waals surface area contributed by atoms with Gasteiger partial charge in [0.25, 0.3) is 0 Å². The maximum atomic E-state index is 5.43. The Morgan fingerprint density at radius 1 is 1.04 bits per heavy atom. The van der Waals surface area contributed by atoms with Gasteiger partial charge in [0.15, 0.2) is 0 Å². The molecule has 0 unspecified atom stereocenters. The monoisotopic (exact) mass is 326 g/mol. The van der Waals surface area contributed by atoms with E-state index < -0.39 is 0 Å². The molecule has 3 rings (SSSR count). The summed E-state index contributed by atoms with van der Waals surface area (Å²) in [6.45, 7) is 4.13. The van der Waals surface area contributed by atoms with Gasteiger partial charge < -0.3 is 4.74 Å². The smallest absolute Gasteiger partial charge is 0.214 e. The van der Waals surface area contributed by atoms with Crippen LogP contribution < -0.4 is 4.74 Å². The molecule has 0 aliphatic heterocycles. The van der Waals surface area contributed by atoms with Crippen LogP contribution in [0.2, 0.25) is 0 Å². The number of aromatic nitrogens is 4. The molecule has 3 aromatic rings. The zero-order chi connectivity index (χ0) is 16.2. The number of ether oxygens (including phenoxy) is 1. The predicted molar refractivity (Wildman–Crippen MR) is 91.2 cm³/mol. The Kier molecular flexibility index (Phi) is 4.62. The minimum Gasteiger partial charge on any atom is -0.496 e. The summed E-state index contributed by atoms with van der Waals surface area (Å²) in [4.78, 5) is 0. The van der Waals surface area contributed by atoms with Crippen LogP contribution in [0.25, 0.3) is 5.69 Å². The summed E-state index contributed by atoms with van der Waals surface area (Å²) >= 11 is 1.59. The van der Waals surface area contributed by atoms with Gasteiger partial charge in [-0.25, -0.2) is 0 Å². The first-order chi connectivity index (χ1) is 11.2. The van der Waals surface area contributed by atoms with Crippen molar-refractivity contribution in [3.8, 4) is 11.4 Å². The molecule has 1 heterocycles. The Labute approximate surface area is 139 Å². The van der Waals surface area contributed by atoms with Crippen LogP contribution in [0, 0.1) is 13.8 Å². The summed E-state index contributed by atoms with van der Waals surface area (Å²) in [5.41, 5.74) is 4.51. The van der Waals surface area contributed by atoms with Gasteiger partial charge in [-0.2, -0.15) is 4.68 Å². The van der Waals surface area contributed by atoms with Crippen LogP contribution in [0.3, 0.4) is 0 Å². The molecule has 0 radical (unpaired) electrons. The molecule has 0 atom stereocenters. The number of nitrogens with zero attached hydrogens (tertiary/aromatic N) is 4. The number of tetrazole rings is 1. The second-order valence-corrected chi connectivity index (χ2v) is 6.26. The topological polar surface area (TPSA) is 52.8 Å². The number of rotatable bonds is 5. The van der Waals surface area contributed by atoms with Crippen LogP contribution in [-0.4, -0.2) is 27.3 Å². The van der Waals surface area contributed by atoms with E-state index in [9.17, 15) is 0 Å². The van der Waals surface area contributed by atoms with E-state index in [1.807, 2.05) is 24.3 Å².